The molecule has 0 N–H and O–H groups in total. The van der Waals surface area contributed by atoms with E-state index in [1.54, 1.807) is 0 Å². The molecule has 0 fully saturated rings. The van der Waals surface area contributed by atoms with Gasteiger partial charge in [-0.15, -0.1) is 0 Å². The molecule has 60 heavy (non-hydrogen) atoms. The lowest BCUT2D eigenvalue weighted by Gasteiger charge is -2.16. The molecule has 0 aliphatic heterocycles. The zero-order valence-electron chi connectivity index (χ0n) is 33.5. The maximum Gasteiger partial charge on any atom is 0.160 e. The smallest absolute Gasteiger partial charge is 0.160 e. The molecule has 4 nitrogen and oxygen atoms in total. The number of aliphatic imine (C=N–C) groups is 2. The van der Waals surface area contributed by atoms with E-state index in [0.717, 1.165) is 73.2 Å². The highest BCUT2D eigenvalue weighted by molar-refractivity contribution is 6.22. The van der Waals surface area contributed by atoms with Gasteiger partial charge in [-0.05, 0) is 69.5 Å². The molecular weight excluding hydrogens is 731 g/mol. The highest BCUT2D eigenvalue weighted by Crippen LogP contribution is 2.43. The van der Waals surface area contributed by atoms with Crippen LogP contribution in [0.15, 0.2) is 209 Å². The van der Waals surface area contributed by atoms with Gasteiger partial charge in [0, 0.05) is 38.6 Å². The molecule has 0 aliphatic rings. The molecule has 11 aromatic rings. The van der Waals surface area contributed by atoms with Crippen LogP contribution in [0.2, 0.25) is 0 Å². The van der Waals surface area contributed by atoms with Gasteiger partial charge >= 0.3 is 0 Å². The van der Waals surface area contributed by atoms with Crippen LogP contribution in [0.1, 0.15) is 31.4 Å². The zero-order valence-corrected chi connectivity index (χ0v) is 33.5. The molecule has 0 spiro atoms. The third-order valence-electron chi connectivity index (χ3n) is 12.1. The maximum atomic E-state index is 6.61. The molecule has 0 radical (unpaired) electrons. The lowest BCUT2D eigenvalue weighted by molar-refractivity contribution is 0.669. The molecule has 0 bridgehead atoms. The maximum absolute atomic E-state index is 6.61. The first-order valence-corrected chi connectivity index (χ1v) is 20.8. The number of furan rings is 1. The van der Waals surface area contributed by atoms with E-state index in [1.165, 1.54) is 37.9 Å². The number of fused-ring (bicyclic) bond motifs is 9. The largest absolute Gasteiger partial charge is 0.456 e. The number of rotatable bonds is 7. The van der Waals surface area contributed by atoms with E-state index in [2.05, 4.69) is 200 Å². The van der Waals surface area contributed by atoms with Crippen LogP contribution >= 0.6 is 0 Å². The molecular formula is C56H41N3O. The number of amidine groups is 1. The minimum absolute atomic E-state index is 0.190. The number of hydrogen-bond donors (Lipinski definition) is 0. The summed E-state index contributed by atoms with van der Waals surface area (Å²) in [6.07, 6.45) is 0.937. The normalized spacial score (nSPS) is 13.0. The molecule has 286 valence electrons. The van der Waals surface area contributed by atoms with E-state index in [9.17, 15) is 0 Å². The van der Waals surface area contributed by atoms with Gasteiger partial charge in [0.05, 0.1) is 28.1 Å². The van der Waals surface area contributed by atoms with Gasteiger partial charge in [-0.2, -0.15) is 0 Å². The number of aromatic nitrogens is 1. The fourth-order valence-electron chi connectivity index (χ4n) is 8.82. The first kappa shape index (κ1) is 35.6. The van der Waals surface area contributed by atoms with Crippen molar-refractivity contribution in [2.24, 2.45) is 15.9 Å². The highest BCUT2D eigenvalue weighted by Gasteiger charge is 2.22. The zero-order chi connectivity index (χ0) is 40.2. The fourth-order valence-corrected chi connectivity index (χ4v) is 8.82. The second kappa shape index (κ2) is 14.7. The van der Waals surface area contributed by atoms with Crippen LogP contribution in [0.4, 0.5) is 5.69 Å². The van der Waals surface area contributed by atoms with Crippen LogP contribution in [-0.2, 0) is 0 Å². The van der Waals surface area contributed by atoms with Gasteiger partial charge in [-0.25, -0.2) is 9.98 Å². The van der Waals surface area contributed by atoms with Crippen molar-refractivity contribution in [1.29, 1.82) is 0 Å². The number of benzene rings is 9. The van der Waals surface area contributed by atoms with Crippen molar-refractivity contribution < 1.29 is 4.42 Å². The van der Waals surface area contributed by atoms with Crippen LogP contribution in [0.5, 0.6) is 0 Å². The Bertz CT molecular complexity index is 3460. The van der Waals surface area contributed by atoms with Gasteiger partial charge in [-0.1, -0.05) is 178 Å². The first-order valence-electron chi connectivity index (χ1n) is 20.8. The van der Waals surface area contributed by atoms with Crippen molar-refractivity contribution in [3.63, 3.8) is 0 Å². The summed E-state index contributed by atoms with van der Waals surface area (Å²) in [5.41, 5.74) is 10.9. The molecule has 1 unspecified atom stereocenters. The SMILES string of the molecule is CCC(C)/C(=N\C(=N/c1cc2oc3ccccc3c2cc1-n1c2cc3ccccc3cc2c2ccc3ccccc3c21)c1ccc(-c2ccccc2)cc1)c1ccccc1. The van der Waals surface area contributed by atoms with Crippen LogP contribution in [0.25, 0.3) is 82.1 Å². The van der Waals surface area contributed by atoms with E-state index < -0.39 is 0 Å². The van der Waals surface area contributed by atoms with Crippen molar-refractivity contribution in [3.8, 4) is 16.8 Å². The summed E-state index contributed by atoms with van der Waals surface area (Å²) in [7, 11) is 0. The Labute approximate surface area is 348 Å². The fraction of sp³-hybridized carbons (Fsp3) is 0.0714. The van der Waals surface area contributed by atoms with E-state index in [0.29, 0.717) is 5.84 Å². The molecule has 0 saturated heterocycles. The molecule has 9 aromatic carbocycles. The third-order valence-corrected chi connectivity index (χ3v) is 12.1. The average molecular weight is 772 g/mol. The minimum atomic E-state index is 0.190. The van der Waals surface area contributed by atoms with E-state index in [4.69, 9.17) is 14.4 Å². The Kier molecular flexibility index (Phi) is 8.70. The van der Waals surface area contributed by atoms with Gasteiger partial charge in [0.15, 0.2) is 5.84 Å². The van der Waals surface area contributed by atoms with Crippen LogP contribution in [-0.4, -0.2) is 16.1 Å². The Morgan fingerprint density at radius 1 is 0.517 bits per heavy atom. The molecule has 0 amide bonds. The van der Waals surface area contributed by atoms with Crippen LogP contribution in [0, 0.1) is 5.92 Å². The van der Waals surface area contributed by atoms with Gasteiger partial charge in [-0.3, -0.25) is 0 Å². The second-order valence-corrected chi connectivity index (χ2v) is 15.7. The minimum Gasteiger partial charge on any atom is -0.456 e. The van der Waals surface area contributed by atoms with Gasteiger partial charge in [0.1, 0.15) is 11.2 Å². The standard InChI is InChI=1S/C56H41N3O/c1-3-36(2)54(40-19-8-5-9-20-40)58-56(41-28-26-38(27-29-41)37-16-6-4-7-17-37)57-49-35-53-48(45-24-14-15-25-52(45)60-53)34-51(49)59-50-33-43-22-11-10-21-42(43)32-47(50)46-31-30-39-18-12-13-23-44(39)55(46)59/h4-36H,3H2,1-2H3/b57-56-,58-54+. The van der Waals surface area contributed by atoms with Crippen molar-refractivity contribution in [2.75, 3.05) is 0 Å². The van der Waals surface area contributed by atoms with Crippen molar-refractivity contribution in [1.82, 2.24) is 4.57 Å². The highest BCUT2D eigenvalue weighted by atomic mass is 16.3. The average Bonchev–Trinajstić information content (AvgIpc) is 3.84. The van der Waals surface area contributed by atoms with Gasteiger partial charge < -0.3 is 8.98 Å². The molecule has 4 heteroatoms. The van der Waals surface area contributed by atoms with Crippen molar-refractivity contribution in [3.05, 3.63) is 205 Å². The molecule has 2 aromatic heterocycles. The topological polar surface area (TPSA) is 42.8 Å². The molecule has 0 saturated carbocycles. The Hall–Kier alpha value is -7.56. The molecule has 2 heterocycles. The van der Waals surface area contributed by atoms with E-state index >= 15 is 0 Å². The Morgan fingerprint density at radius 2 is 1.17 bits per heavy atom. The summed E-state index contributed by atoms with van der Waals surface area (Å²) < 4.78 is 9.05. The molecule has 11 rings (SSSR count). The van der Waals surface area contributed by atoms with E-state index in [1.807, 2.05) is 12.1 Å². The lowest BCUT2D eigenvalue weighted by atomic mass is 9.95. The van der Waals surface area contributed by atoms with E-state index in [-0.39, 0.29) is 5.92 Å². The van der Waals surface area contributed by atoms with Crippen molar-refractivity contribution >= 4 is 82.5 Å². The molecule has 0 aliphatic carbocycles. The predicted octanol–water partition coefficient (Wildman–Crippen LogP) is 15.3. The first-order chi connectivity index (χ1) is 29.6. The molecule has 1 atom stereocenters. The summed E-state index contributed by atoms with van der Waals surface area (Å²) in [5.74, 6) is 0.831. The summed E-state index contributed by atoms with van der Waals surface area (Å²) in [6.45, 7) is 4.47. The Morgan fingerprint density at radius 3 is 1.93 bits per heavy atom. The van der Waals surface area contributed by atoms with Gasteiger partial charge in [0.25, 0.3) is 0 Å². The number of hydrogen-bond acceptors (Lipinski definition) is 2. The summed E-state index contributed by atoms with van der Waals surface area (Å²) in [6, 6.07) is 68.9. The van der Waals surface area contributed by atoms with Crippen LogP contribution in [0.3, 0.4) is 0 Å². The second-order valence-electron chi connectivity index (χ2n) is 15.7. The summed E-state index contributed by atoms with van der Waals surface area (Å²) in [4.78, 5) is 11.3. The third kappa shape index (κ3) is 6.08. The monoisotopic (exact) mass is 771 g/mol. The number of nitrogens with zero attached hydrogens (tertiary/aromatic N) is 3. The van der Waals surface area contributed by atoms with Crippen molar-refractivity contribution in [2.45, 2.75) is 20.3 Å². The Balaban J connectivity index is 1.26. The number of para-hydroxylation sites is 1. The lowest BCUT2D eigenvalue weighted by Crippen LogP contribution is -2.15. The summed E-state index contributed by atoms with van der Waals surface area (Å²) >= 11 is 0. The quantitative estimate of drug-likeness (QED) is 0.118. The predicted molar refractivity (Wildman–Crippen MR) is 254 cm³/mol. The summed E-state index contributed by atoms with van der Waals surface area (Å²) in [5, 5.41) is 9.25. The van der Waals surface area contributed by atoms with Crippen LogP contribution < -0.4 is 0 Å². The van der Waals surface area contributed by atoms with Gasteiger partial charge in [0.2, 0.25) is 0 Å².